The molecule has 2 heterocycles. The molecule has 0 aromatic carbocycles. The van der Waals surface area contributed by atoms with Crippen molar-refractivity contribution in [2.75, 3.05) is 31.9 Å². The Hall–Kier alpha value is -1.39. The zero-order valence-electron chi connectivity index (χ0n) is 10.1. The van der Waals surface area contributed by atoms with Crippen molar-refractivity contribution >= 4 is 5.82 Å². The molecule has 17 heavy (non-hydrogen) atoms. The topological polar surface area (TPSA) is 54.2 Å². The normalized spacial score (nSPS) is 18.8. The predicted molar refractivity (Wildman–Crippen MR) is 70.6 cm³/mol. The van der Waals surface area contributed by atoms with E-state index in [4.69, 9.17) is 5.73 Å². The SMILES string of the molecule is C=CC[C@@H](c1cccnc1N)N1CCNCC1. The Balaban J connectivity index is 2.21. The summed E-state index contributed by atoms with van der Waals surface area (Å²) in [6.45, 7) is 8.01. The number of rotatable bonds is 4. The van der Waals surface area contributed by atoms with Gasteiger partial charge in [-0.3, -0.25) is 4.90 Å². The number of hydrogen-bond acceptors (Lipinski definition) is 4. The van der Waals surface area contributed by atoms with E-state index in [1.54, 1.807) is 6.20 Å². The molecule has 1 aromatic heterocycles. The molecule has 1 aromatic rings. The van der Waals surface area contributed by atoms with E-state index in [0.29, 0.717) is 11.9 Å². The van der Waals surface area contributed by atoms with Crippen LogP contribution >= 0.6 is 0 Å². The summed E-state index contributed by atoms with van der Waals surface area (Å²) in [4.78, 5) is 6.63. The van der Waals surface area contributed by atoms with Gasteiger partial charge in [0.1, 0.15) is 5.82 Å². The van der Waals surface area contributed by atoms with Crippen LogP contribution in [-0.4, -0.2) is 36.1 Å². The molecular formula is C13H20N4. The van der Waals surface area contributed by atoms with Crippen molar-refractivity contribution in [1.29, 1.82) is 0 Å². The fourth-order valence-corrected chi connectivity index (χ4v) is 2.34. The largest absolute Gasteiger partial charge is 0.383 e. The summed E-state index contributed by atoms with van der Waals surface area (Å²) >= 11 is 0. The van der Waals surface area contributed by atoms with Gasteiger partial charge in [0.2, 0.25) is 0 Å². The number of anilines is 1. The maximum atomic E-state index is 5.97. The van der Waals surface area contributed by atoms with Crippen LogP contribution < -0.4 is 11.1 Å². The van der Waals surface area contributed by atoms with Crippen LogP contribution in [0.1, 0.15) is 18.0 Å². The number of hydrogen-bond donors (Lipinski definition) is 2. The standard InChI is InChI=1S/C13H20N4/c1-2-4-12(17-9-7-15-8-10-17)11-5-3-6-16-13(11)14/h2-3,5-6,12,15H,1,4,7-10H2,(H2,14,16)/t12-/m0/s1. The van der Waals surface area contributed by atoms with Crippen molar-refractivity contribution < 1.29 is 0 Å². The maximum Gasteiger partial charge on any atom is 0.128 e. The molecule has 0 aliphatic carbocycles. The van der Waals surface area contributed by atoms with Crippen LogP contribution in [0.3, 0.4) is 0 Å². The minimum absolute atomic E-state index is 0.309. The van der Waals surface area contributed by atoms with Gasteiger partial charge in [-0.25, -0.2) is 4.98 Å². The number of nitrogens with one attached hydrogen (secondary N) is 1. The minimum atomic E-state index is 0.309. The maximum absolute atomic E-state index is 5.97. The average Bonchev–Trinajstić information content (AvgIpc) is 2.38. The predicted octanol–water partition coefficient (Wildman–Crippen LogP) is 1.19. The third-order valence-electron chi connectivity index (χ3n) is 3.21. The van der Waals surface area contributed by atoms with Crippen LogP contribution in [0.15, 0.2) is 31.0 Å². The number of nitrogens with zero attached hydrogens (tertiary/aromatic N) is 2. The molecule has 0 unspecified atom stereocenters. The quantitative estimate of drug-likeness (QED) is 0.766. The smallest absolute Gasteiger partial charge is 0.128 e. The van der Waals surface area contributed by atoms with Gasteiger partial charge in [0, 0.05) is 44.0 Å². The van der Waals surface area contributed by atoms with E-state index >= 15 is 0 Å². The van der Waals surface area contributed by atoms with Crippen LogP contribution in [0.4, 0.5) is 5.82 Å². The lowest BCUT2D eigenvalue weighted by Gasteiger charge is -2.35. The highest BCUT2D eigenvalue weighted by Gasteiger charge is 2.22. The summed E-state index contributed by atoms with van der Waals surface area (Å²) in [5.41, 5.74) is 7.09. The number of piperazine rings is 1. The second kappa shape index (κ2) is 5.80. The summed E-state index contributed by atoms with van der Waals surface area (Å²) in [5.74, 6) is 0.637. The molecule has 0 saturated carbocycles. The molecule has 1 saturated heterocycles. The fraction of sp³-hybridized carbons (Fsp3) is 0.462. The van der Waals surface area contributed by atoms with E-state index in [2.05, 4.69) is 27.8 Å². The first-order chi connectivity index (χ1) is 8.33. The second-order valence-corrected chi connectivity index (χ2v) is 4.30. The zero-order valence-corrected chi connectivity index (χ0v) is 10.1. The molecule has 1 aliphatic rings. The van der Waals surface area contributed by atoms with Crippen LogP contribution in [0, 0.1) is 0 Å². The van der Waals surface area contributed by atoms with Gasteiger partial charge in [-0.2, -0.15) is 0 Å². The summed E-state index contributed by atoms with van der Waals surface area (Å²) in [5, 5.41) is 3.36. The van der Waals surface area contributed by atoms with Crippen molar-refractivity contribution in [3.05, 3.63) is 36.5 Å². The van der Waals surface area contributed by atoms with E-state index in [-0.39, 0.29) is 0 Å². The third kappa shape index (κ3) is 2.84. The van der Waals surface area contributed by atoms with Gasteiger partial charge < -0.3 is 11.1 Å². The molecule has 0 bridgehead atoms. The number of nitrogen functional groups attached to an aromatic ring is 1. The number of nitrogens with two attached hydrogens (primary N) is 1. The molecule has 1 aliphatic heterocycles. The Labute approximate surface area is 103 Å². The summed E-state index contributed by atoms with van der Waals surface area (Å²) in [6.07, 6.45) is 4.61. The lowest BCUT2D eigenvalue weighted by atomic mass is 10.0. The van der Waals surface area contributed by atoms with Crippen LogP contribution in [0.2, 0.25) is 0 Å². The molecule has 2 rings (SSSR count). The Morgan fingerprint density at radius 2 is 2.29 bits per heavy atom. The van der Waals surface area contributed by atoms with Gasteiger partial charge in [0.25, 0.3) is 0 Å². The monoisotopic (exact) mass is 232 g/mol. The van der Waals surface area contributed by atoms with Gasteiger partial charge in [0.15, 0.2) is 0 Å². The van der Waals surface area contributed by atoms with E-state index in [1.807, 2.05) is 12.1 Å². The molecule has 3 N–H and O–H groups in total. The first-order valence-corrected chi connectivity index (χ1v) is 6.09. The summed E-state index contributed by atoms with van der Waals surface area (Å²) < 4.78 is 0. The molecule has 0 amide bonds. The Kier molecular flexibility index (Phi) is 4.12. The van der Waals surface area contributed by atoms with Crippen molar-refractivity contribution in [2.24, 2.45) is 0 Å². The highest BCUT2D eigenvalue weighted by molar-refractivity contribution is 5.41. The zero-order chi connectivity index (χ0) is 12.1. The Bertz CT molecular complexity index is 371. The van der Waals surface area contributed by atoms with Crippen molar-refractivity contribution in [2.45, 2.75) is 12.5 Å². The van der Waals surface area contributed by atoms with Crippen LogP contribution in [0.5, 0.6) is 0 Å². The third-order valence-corrected chi connectivity index (χ3v) is 3.21. The molecule has 0 radical (unpaired) electrons. The minimum Gasteiger partial charge on any atom is -0.383 e. The first-order valence-electron chi connectivity index (χ1n) is 6.09. The van der Waals surface area contributed by atoms with E-state index < -0.39 is 0 Å². The van der Waals surface area contributed by atoms with Crippen LogP contribution in [0.25, 0.3) is 0 Å². The number of aromatic nitrogens is 1. The first kappa shape index (κ1) is 12.1. The van der Waals surface area contributed by atoms with E-state index in [1.165, 1.54) is 0 Å². The van der Waals surface area contributed by atoms with Gasteiger partial charge in [-0.15, -0.1) is 6.58 Å². The van der Waals surface area contributed by atoms with Crippen molar-refractivity contribution in [1.82, 2.24) is 15.2 Å². The fourth-order valence-electron chi connectivity index (χ4n) is 2.34. The Morgan fingerprint density at radius 3 is 2.94 bits per heavy atom. The van der Waals surface area contributed by atoms with Crippen molar-refractivity contribution in [3.63, 3.8) is 0 Å². The van der Waals surface area contributed by atoms with Gasteiger partial charge in [-0.1, -0.05) is 12.1 Å². The molecule has 0 spiro atoms. The van der Waals surface area contributed by atoms with Gasteiger partial charge in [-0.05, 0) is 12.5 Å². The lowest BCUT2D eigenvalue weighted by molar-refractivity contribution is 0.175. The highest BCUT2D eigenvalue weighted by Crippen LogP contribution is 2.27. The van der Waals surface area contributed by atoms with E-state index in [9.17, 15) is 0 Å². The molecule has 92 valence electrons. The van der Waals surface area contributed by atoms with Crippen molar-refractivity contribution in [3.8, 4) is 0 Å². The van der Waals surface area contributed by atoms with Gasteiger partial charge >= 0.3 is 0 Å². The molecule has 1 atom stereocenters. The summed E-state index contributed by atoms with van der Waals surface area (Å²) in [7, 11) is 0. The lowest BCUT2D eigenvalue weighted by Crippen LogP contribution is -2.45. The van der Waals surface area contributed by atoms with Crippen LogP contribution in [-0.2, 0) is 0 Å². The highest BCUT2D eigenvalue weighted by atomic mass is 15.2. The molecule has 4 nitrogen and oxygen atoms in total. The molecule has 4 heteroatoms. The van der Waals surface area contributed by atoms with E-state index in [0.717, 1.165) is 38.2 Å². The molecule has 1 fully saturated rings. The molecular weight excluding hydrogens is 212 g/mol. The summed E-state index contributed by atoms with van der Waals surface area (Å²) in [6, 6.07) is 4.32. The second-order valence-electron chi connectivity index (χ2n) is 4.30. The average molecular weight is 232 g/mol. The van der Waals surface area contributed by atoms with Gasteiger partial charge in [0.05, 0.1) is 0 Å². The Morgan fingerprint density at radius 1 is 1.53 bits per heavy atom. The number of pyridine rings is 1.